The molecule has 52 valence electrons. The number of carbonyl (C=O) groups excluding carboxylic acids is 1. The molecule has 1 heteroatoms. The Balaban J connectivity index is 2.49. The number of rotatable bonds is 1. The van der Waals surface area contributed by atoms with Crippen LogP contribution in [0.15, 0.2) is 0 Å². The molecular weight excluding hydrogens is 112 g/mol. The lowest BCUT2D eigenvalue weighted by atomic mass is 9.95. The monoisotopic (exact) mass is 126 g/mol. The van der Waals surface area contributed by atoms with Crippen LogP contribution in [0.5, 0.6) is 0 Å². The summed E-state index contributed by atoms with van der Waals surface area (Å²) in [6.07, 6.45) is 3.64. The Hall–Kier alpha value is -0.330. The van der Waals surface area contributed by atoms with Gasteiger partial charge < -0.3 is 0 Å². The summed E-state index contributed by atoms with van der Waals surface area (Å²) < 4.78 is 0. The predicted molar refractivity (Wildman–Crippen MR) is 37.2 cm³/mol. The molecule has 0 heterocycles. The summed E-state index contributed by atoms with van der Waals surface area (Å²) in [5, 5.41) is 0. The van der Waals surface area contributed by atoms with Gasteiger partial charge in [0.15, 0.2) is 0 Å². The number of hydrogen-bond donors (Lipinski definition) is 0. The van der Waals surface area contributed by atoms with Crippen LogP contribution in [0.3, 0.4) is 0 Å². The van der Waals surface area contributed by atoms with Gasteiger partial charge in [0.25, 0.3) is 0 Å². The van der Waals surface area contributed by atoms with Crippen molar-refractivity contribution in [2.24, 2.45) is 11.8 Å². The smallest absolute Gasteiger partial charge is 0.133 e. The minimum atomic E-state index is 0.389. The second-order valence-corrected chi connectivity index (χ2v) is 3.13. The van der Waals surface area contributed by atoms with Gasteiger partial charge in [-0.25, -0.2) is 0 Å². The molecule has 0 aromatic carbocycles. The lowest BCUT2D eigenvalue weighted by Gasteiger charge is -2.09. The molecule has 9 heavy (non-hydrogen) atoms. The van der Waals surface area contributed by atoms with Gasteiger partial charge in [0, 0.05) is 5.92 Å². The van der Waals surface area contributed by atoms with Crippen molar-refractivity contribution in [2.75, 3.05) is 0 Å². The Morgan fingerprint density at radius 1 is 1.44 bits per heavy atom. The summed E-state index contributed by atoms with van der Waals surface area (Å²) in [6.45, 7) is 3.89. The van der Waals surface area contributed by atoms with E-state index in [4.69, 9.17) is 0 Å². The normalized spacial score (nSPS) is 34.9. The number of carbonyl (C=O) groups is 1. The van der Waals surface area contributed by atoms with E-state index in [1.807, 2.05) is 0 Å². The van der Waals surface area contributed by atoms with Crippen molar-refractivity contribution in [1.29, 1.82) is 0 Å². The first-order valence-corrected chi connectivity index (χ1v) is 3.72. The van der Waals surface area contributed by atoms with E-state index in [1.54, 1.807) is 6.92 Å². The molecule has 1 saturated carbocycles. The van der Waals surface area contributed by atoms with Gasteiger partial charge in [0.05, 0.1) is 0 Å². The van der Waals surface area contributed by atoms with E-state index in [0.29, 0.717) is 17.6 Å². The lowest BCUT2D eigenvalue weighted by molar-refractivity contribution is -0.121. The summed E-state index contributed by atoms with van der Waals surface area (Å²) >= 11 is 0. The number of hydrogen-bond acceptors (Lipinski definition) is 1. The van der Waals surface area contributed by atoms with Crippen LogP contribution in [0.1, 0.15) is 33.1 Å². The standard InChI is InChI=1S/C8H14O/c1-6-4-3-5-8(6)7(2)9/h6,8H,3-5H2,1-2H3/t6-,8-/m0/s1. The van der Waals surface area contributed by atoms with E-state index in [2.05, 4.69) is 6.92 Å². The van der Waals surface area contributed by atoms with Crippen molar-refractivity contribution in [3.8, 4) is 0 Å². The molecule has 1 nitrogen and oxygen atoms in total. The first kappa shape index (κ1) is 6.79. The molecule has 0 aromatic rings. The molecule has 0 spiro atoms. The Morgan fingerprint density at radius 3 is 2.33 bits per heavy atom. The van der Waals surface area contributed by atoms with Crippen LogP contribution in [0.25, 0.3) is 0 Å². The molecular formula is C8H14O. The van der Waals surface area contributed by atoms with Crippen LogP contribution in [-0.4, -0.2) is 5.78 Å². The van der Waals surface area contributed by atoms with Crippen LogP contribution in [0.2, 0.25) is 0 Å². The van der Waals surface area contributed by atoms with E-state index >= 15 is 0 Å². The van der Waals surface area contributed by atoms with Crippen molar-refractivity contribution in [1.82, 2.24) is 0 Å². The van der Waals surface area contributed by atoms with Crippen molar-refractivity contribution in [3.63, 3.8) is 0 Å². The number of Topliss-reactive ketones (excluding diaryl/α,β-unsaturated/α-hetero) is 1. The van der Waals surface area contributed by atoms with E-state index in [0.717, 1.165) is 6.42 Å². The van der Waals surface area contributed by atoms with Crippen LogP contribution >= 0.6 is 0 Å². The van der Waals surface area contributed by atoms with Gasteiger partial charge in [-0.1, -0.05) is 13.3 Å². The van der Waals surface area contributed by atoms with E-state index < -0.39 is 0 Å². The summed E-state index contributed by atoms with van der Waals surface area (Å²) in [5.74, 6) is 1.44. The molecule has 0 saturated heterocycles. The molecule has 1 fully saturated rings. The fraction of sp³-hybridized carbons (Fsp3) is 0.875. The topological polar surface area (TPSA) is 17.1 Å². The zero-order valence-electron chi connectivity index (χ0n) is 6.18. The average Bonchev–Trinajstić information content (AvgIpc) is 2.13. The molecule has 0 bridgehead atoms. The third-order valence-electron chi connectivity index (χ3n) is 2.38. The largest absolute Gasteiger partial charge is 0.300 e. The Bertz CT molecular complexity index is 118. The van der Waals surface area contributed by atoms with E-state index in [1.165, 1.54) is 12.8 Å². The lowest BCUT2D eigenvalue weighted by Crippen LogP contribution is -2.12. The van der Waals surface area contributed by atoms with Crippen LogP contribution in [0, 0.1) is 11.8 Å². The van der Waals surface area contributed by atoms with Gasteiger partial charge in [0.1, 0.15) is 5.78 Å². The highest BCUT2D eigenvalue weighted by Crippen LogP contribution is 2.31. The quantitative estimate of drug-likeness (QED) is 0.525. The highest BCUT2D eigenvalue weighted by atomic mass is 16.1. The minimum absolute atomic E-state index is 0.389. The highest BCUT2D eigenvalue weighted by molar-refractivity contribution is 5.78. The van der Waals surface area contributed by atoms with Gasteiger partial charge in [-0.2, -0.15) is 0 Å². The minimum Gasteiger partial charge on any atom is -0.300 e. The molecule has 0 radical (unpaired) electrons. The first-order valence-electron chi connectivity index (χ1n) is 3.72. The second-order valence-electron chi connectivity index (χ2n) is 3.13. The summed E-state index contributed by atoms with van der Waals surface area (Å²) in [6, 6.07) is 0. The van der Waals surface area contributed by atoms with Crippen molar-refractivity contribution in [3.05, 3.63) is 0 Å². The molecule has 2 atom stereocenters. The fourth-order valence-corrected chi connectivity index (χ4v) is 1.75. The Morgan fingerprint density at radius 2 is 2.11 bits per heavy atom. The van der Waals surface area contributed by atoms with Gasteiger partial charge in [-0.3, -0.25) is 4.79 Å². The Labute approximate surface area is 56.4 Å². The van der Waals surface area contributed by atoms with Crippen molar-refractivity contribution < 1.29 is 4.79 Å². The molecule has 0 unspecified atom stereocenters. The first-order chi connectivity index (χ1) is 4.22. The van der Waals surface area contributed by atoms with Crippen LogP contribution < -0.4 is 0 Å². The number of ketones is 1. The maximum absolute atomic E-state index is 10.9. The summed E-state index contributed by atoms with van der Waals surface area (Å²) in [5.41, 5.74) is 0. The van der Waals surface area contributed by atoms with Gasteiger partial charge in [-0.15, -0.1) is 0 Å². The molecule has 0 N–H and O–H groups in total. The van der Waals surface area contributed by atoms with E-state index in [9.17, 15) is 4.79 Å². The predicted octanol–water partition coefficient (Wildman–Crippen LogP) is 2.01. The molecule has 1 aliphatic carbocycles. The Kier molecular flexibility index (Phi) is 1.89. The van der Waals surface area contributed by atoms with E-state index in [-0.39, 0.29) is 0 Å². The zero-order chi connectivity index (χ0) is 6.85. The molecule has 0 aliphatic heterocycles. The van der Waals surface area contributed by atoms with Gasteiger partial charge in [0.2, 0.25) is 0 Å². The molecule has 1 aliphatic rings. The second kappa shape index (κ2) is 2.51. The van der Waals surface area contributed by atoms with Crippen molar-refractivity contribution >= 4 is 5.78 Å². The van der Waals surface area contributed by atoms with Crippen LogP contribution in [0.4, 0.5) is 0 Å². The third-order valence-corrected chi connectivity index (χ3v) is 2.38. The maximum Gasteiger partial charge on any atom is 0.133 e. The van der Waals surface area contributed by atoms with Gasteiger partial charge >= 0.3 is 0 Å². The SMILES string of the molecule is CC(=O)[C@H]1CCC[C@@H]1C. The maximum atomic E-state index is 10.9. The van der Waals surface area contributed by atoms with Crippen LogP contribution in [-0.2, 0) is 4.79 Å². The van der Waals surface area contributed by atoms with Gasteiger partial charge in [-0.05, 0) is 25.7 Å². The summed E-state index contributed by atoms with van der Waals surface area (Å²) in [7, 11) is 0. The average molecular weight is 126 g/mol. The molecule has 0 amide bonds. The summed E-state index contributed by atoms with van der Waals surface area (Å²) in [4.78, 5) is 10.9. The third kappa shape index (κ3) is 1.32. The van der Waals surface area contributed by atoms with Crippen molar-refractivity contribution in [2.45, 2.75) is 33.1 Å². The molecule has 0 aromatic heterocycles. The highest BCUT2D eigenvalue weighted by Gasteiger charge is 2.26. The zero-order valence-corrected chi connectivity index (χ0v) is 6.18. The molecule has 1 rings (SSSR count). The fourth-order valence-electron chi connectivity index (χ4n) is 1.75.